The van der Waals surface area contributed by atoms with Gasteiger partial charge < -0.3 is 20.1 Å². The molecule has 1 aromatic rings. The normalized spacial score (nSPS) is 17.0. The molecule has 25 heavy (non-hydrogen) atoms. The number of carbonyl (C=O) groups is 2. The van der Waals surface area contributed by atoms with Gasteiger partial charge in [-0.2, -0.15) is 0 Å². The lowest BCUT2D eigenvalue weighted by atomic mass is 9.93. The Balaban J connectivity index is 2.56. The fraction of sp³-hybridized carbons (Fsp3) is 0.412. The molecule has 1 heterocycles. The van der Waals surface area contributed by atoms with Crippen LogP contribution in [-0.4, -0.2) is 26.2 Å². The van der Waals surface area contributed by atoms with Crippen molar-refractivity contribution in [2.75, 3.05) is 14.2 Å². The summed E-state index contributed by atoms with van der Waals surface area (Å²) in [5.41, 5.74) is 1.76. The summed E-state index contributed by atoms with van der Waals surface area (Å²) in [6, 6.07) is 2.69. The van der Waals surface area contributed by atoms with E-state index in [1.807, 2.05) is 12.1 Å². The van der Waals surface area contributed by atoms with Gasteiger partial charge in [-0.05, 0) is 62.4 Å². The zero-order valence-electron chi connectivity index (χ0n) is 14.2. The third-order valence-electron chi connectivity index (χ3n) is 3.90. The lowest BCUT2D eigenvalue weighted by Gasteiger charge is -2.29. The van der Waals surface area contributed by atoms with E-state index >= 15 is 0 Å². The molecule has 0 saturated carbocycles. The molecule has 2 amide bonds. The second-order valence-electron chi connectivity index (χ2n) is 5.54. The van der Waals surface area contributed by atoms with Gasteiger partial charge >= 0.3 is 12.0 Å². The van der Waals surface area contributed by atoms with Crippen LogP contribution in [0, 0.1) is 0 Å². The molecule has 0 saturated heterocycles. The van der Waals surface area contributed by atoms with Gasteiger partial charge in [-0.15, -0.1) is 0 Å². The van der Waals surface area contributed by atoms with Crippen molar-refractivity contribution in [2.24, 2.45) is 0 Å². The Morgan fingerprint density at radius 3 is 2.40 bits per heavy atom. The van der Waals surface area contributed by atoms with E-state index in [9.17, 15) is 9.59 Å². The fourth-order valence-electron chi connectivity index (χ4n) is 2.71. The van der Waals surface area contributed by atoms with Crippen LogP contribution in [0.1, 0.15) is 37.8 Å². The van der Waals surface area contributed by atoms with Gasteiger partial charge in [0.15, 0.2) is 0 Å². The van der Waals surface area contributed by atoms with Crippen LogP contribution in [0.5, 0.6) is 5.75 Å². The summed E-state index contributed by atoms with van der Waals surface area (Å²) in [5, 5.41) is 5.55. The predicted molar refractivity (Wildman–Crippen MR) is 101 cm³/mol. The molecular weight excluding hydrogens is 456 g/mol. The first kappa shape index (κ1) is 19.8. The molecule has 0 spiro atoms. The van der Waals surface area contributed by atoms with Gasteiger partial charge in [-0.25, -0.2) is 9.59 Å². The number of unbranched alkanes of at least 4 members (excludes halogenated alkanes) is 1. The molecule has 1 atom stereocenters. The maximum atomic E-state index is 12.4. The lowest BCUT2D eigenvalue weighted by molar-refractivity contribution is -0.136. The number of hydrogen-bond donors (Lipinski definition) is 2. The number of methoxy groups -OCH3 is 2. The smallest absolute Gasteiger partial charge is 0.337 e. The van der Waals surface area contributed by atoms with Gasteiger partial charge in [-0.3, -0.25) is 0 Å². The largest absolute Gasteiger partial charge is 0.494 e. The number of ether oxygens (including phenoxy) is 2. The molecule has 0 radical (unpaired) electrons. The number of nitrogens with one attached hydrogen (secondary N) is 2. The van der Waals surface area contributed by atoms with E-state index in [-0.39, 0.29) is 6.03 Å². The van der Waals surface area contributed by atoms with E-state index in [0.29, 0.717) is 32.4 Å². The summed E-state index contributed by atoms with van der Waals surface area (Å²) in [6.07, 6.45) is 2.41. The van der Waals surface area contributed by atoms with Gasteiger partial charge in [-0.1, -0.05) is 13.3 Å². The van der Waals surface area contributed by atoms with Gasteiger partial charge in [0.1, 0.15) is 5.75 Å². The van der Waals surface area contributed by atoms with Gasteiger partial charge in [0.05, 0.1) is 34.8 Å². The van der Waals surface area contributed by atoms with E-state index in [2.05, 4.69) is 49.4 Å². The highest BCUT2D eigenvalue weighted by Gasteiger charge is 2.33. The molecule has 136 valence electrons. The summed E-state index contributed by atoms with van der Waals surface area (Å²) in [4.78, 5) is 24.5. The number of rotatable bonds is 6. The first-order chi connectivity index (χ1) is 11.9. The highest BCUT2D eigenvalue weighted by molar-refractivity contribution is 9.11. The Morgan fingerprint density at radius 2 is 1.88 bits per heavy atom. The third kappa shape index (κ3) is 4.36. The summed E-state index contributed by atoms with van der Waals surface area (Å²) < 4.78 is 11.7. The van der Waals surface area contributed by atoms with Crippen LogP contribution in [0.3, 0.4) is 0 Å². The fourth-order valence-corrected chi connectivity index (χ4v) is 4.26. The Labute approximate surface area is 163 Å². The molecule has 1 unspecified atom stereocenters. The monoisotopic (exact) mass is 474 g/mol. The Hall–Kier alpha value is -1.54. The molecule has 1 aliphatic heterocycles. The molecule has 0 aliphatic carbocycles. The molecular formula is C17H20Br2N2O4. The number of hydrogen-bond acceptors (Lipinski definition) is 4. The zero-order valence-corrected chi connectivity index (χ0v) is 17.4. The van der Waals surface area contributed by atoms with Crippen molar-refractivity contribution < 1.29 is 19.1 Å². The van der Waals surface area contributed by atoms with Gasteiger partial charge in [0, 0.05) is 5.70 Å². The second-order valence-corrected chi connectivity index (χ2v) is 7.25. The number of esters is 1. The second kappa shape index (κ2) is 8.71. The van der Waals surface area contributed by atoms with Gasteiger partial charge in [0.25, 0.3) is 0 Å². The van der Waals surface area contributed by atoms with E-state index in [0.717, 1.165) is 18.4 Å². The van der Waals surface area contributed by atoms with Crippen molar-refractivity contribution in [2.45, 2.75) is 32.2 Å². The minimum atomic E-state index is -0.605. The predicted octanol–water partition coefficient (Wildman–Crippen LogP) is 4.19. The van der Waals surface area contributed by atoms with Crippen LogP contribution in [0.4, 0.5) is 4.79 Å². The van der Waals surface area contributed by atoms with E-state index in [4.69, 9.17) is 9.47 Å². The van der Waals surface area contributed by atoms with Crippen molar-refractivity contribution in [3.63, 3.8) is 0 Å². The number of halogens is 2. The summed E-state index contributed by atoms with van der Waals surface area (Å²) in [7, 11) is 2.90. The Morgan fingerprint density at radius 1 is 1.24 bits per heavy atom. The maximum Gasteiger partial charge on any atom is 0.337 e. The topological polar surface area (TPSA) is 76.7 Å². The summed E-state index contributed by atoms with van der Waals surface area (Å²) in [5.74, 6) is 0.172. The van der Waals surface area contributed by atoms with Crippen molar-refractivity contribution in [3.8, 4) is 5.75 Å². The number of urea groups is 1. The van der Waals surface area contributed by atoms with Crippen LogP contribution >= 0.6 is 31.9 Å². The summed E-state index contributed by atoms with van der Waals surface area (Å²) >= 11 is 6.91. The highest BCUT2D eigenvalue weighted by atomic mass is 79.9. The highest BCUT2D eigenvalue weighted by Crippen LogP contribution is 2.38. The molecule has 2 rings (SSSR count). The molecule has 1 aliphatic rings. The summed E-state index contributed by atoms with van der Waals surface area (Å²) in [6.45, 7) is 2.05. The zero-order chi connectivity index (χ0) is 18.6. The van der Waals surface area contributed by atoms with Crippen LogP contribution in [0.2, 0.25) is 0 Å². The molecule has 1 aromatic carbocycles. The van der Waals surface area contributed by atoms with Crippen molar-refractivity contribution >= 4 is 43.9 Å². The Bertz CT molecular complexity index is 696. The maximum absolute atomic E-state index is 12.4. The van der Waals surface area contributed by atoms with Crippen LogP contribution < -0.4 is 15.4 Å². The number of amides is 2. The van der Waals surface area contributed by atoms with E-state index in [1.165, 1.54) is 7.11 Å². The number of benzene rings is 1. The van der Waals surface area contributed by atoms with Crippen LogP contribution in [0.15, 0.2) is 32.3 Å². The standard InChI is InChI=1S/C17H20Br2N2O4/c1-4-5-6-12-13(16(22)25-3)14(21-17(23)20-12)9-7-10(18)15(24-2)11(19)8-9/h7-8,14H,4-6H2,1-3H3,(H2,20,21,23). The quantitative estimate of drug-likeness (QED) is 0.604. The minimum absolute atomic E-state index is 0.341. The molecule has 0 bridgehead atoms. The molecule has 6 nitrogen and oxygen atoms in total. The number of carbonyl (C=O) groups excluding carboxylic acids is 2. The number of allylic oxidation sites excluding steroid dienone is 1. The minimum Gasteiger partial charge on any atom is -0.494 e. The van der Waals surface area contributed by atoms with Crippen LogP contribution in [0.25, 0.3) is 0 Å². The van der Waals surface area contributed by atoms with Crippen LogP contribution in [-0.2, 0) is 9.53 Å². The van der Waals surface area contributed by atoms with Crippen molar-refractivity contribution in [1.82, 2.24) is 10.6 Å². The van der Waals surface area contributed by atoms with E-state index < -0.39 is 12.0 Å². The molecule has 0 fully saturated rings. The van der Waals surface area contributed by atoms with Gasteiger partial charge in [0.2, 0.25) is 0 Å². The SMILES string of the molecule is CCCCC1=C(C(=O)OC)C(c2cc(Br)c(OC)c(Br)c2)NC(=O)N1. The van der Waals surface area contributed by atoms with Crippen molar-refractivity contribution in [1.29, 1.82) is 0 Å². The van der Waals surface area contributed by atoms with E-state index in [1.54, 1.807) is 7.11 Å². The lowest BCUT2D eigenvalue weighted by Crippen LogP contribution is -2.45. The third-order valence-corrected chi connectivity index (χ3v) is 5.08. The molecule has 2 N–H and O–H groups in total. The first-order valence-corrected chi connectivity index (χ1v) is 9.43. The average molecular weight is 476 g/mol. The Kier molecular flexibility index (Phi) is 6.89. The van der Waals surface area contributed by atoms with Crippen molar-refractivity contribution in [3.05, 3.63) is 37.9 Å². The molecule has 0 aromatic heterocycles. The first-order valence-electron chi connectivity index (χ1n) is 7.84. The average Bonchev–Trinajstić information content (AvgIpc) is 2.58. The molecule has 8 heteroatoms.